The minimum absolute atomic E-state index is 0.191. The van der Waals surface area contributed by atoms with Crippen LogP contribution in [0.4, 0.5) is 15.3 Å². The molecule has 0 aromatic heterocycles. The predicted molar refractivity (Wildman–Crippen MR) is 93.4 cm³/mol. The van der Waals surface area contributed by atoms with Crippen molar-refractivity contribution in [2.24, 2.45) is 0 Å². The summed E-state index contributed by atoms with van der Waals surface area (Å²) in [5.41, 5.74) is -1.63. The fourth-order valence-corrected chi connectivity index (χ4v) is 2.73. The zero-order chi connectivity index (χ0) is 18.7. The van der Waals surface area contributed by atoms with Gasteiger partial charge < -0.3 is 10.6 Å². The van der Waals surface area contributed by atoms with Gasteiger partial charge in [-0.15, -0.1) is 0 Å². The number of para-hydroxylation sites is 1. The molecule has 2 aromatic rings. The number of imide groups is 2. The summed E-state index contributed by atoms with van der Waals surface area (Å²) in [6.45, 7) is 0. The van der Waals surface area contributed by atoms with E-state index in [-0.39, 0.29) is 10.6 Å². The maximum atomic E-state index is 12.5. The molecule has 8 nitrogen and oxygen atoms in total. The third-order valence-electron chi connectivity index (χ3n) is 3.77. The lowest BCUT2D eigenvalue weighted by molar-refractivity contribution is -0.139. The van der Waals surface area contributed by atoms with Crippen molar-refractivity contribution in [3.8, 4) is 0 Å². The Labute approximate surface area is 152 Å². The standard InChI is InChI=1S/C17H13ClN4O4/c18-11-8-4-5-9-12(11)19-16(26)22-17(10-6-2-1-3-7-10)13(23)20-15(25)21-14(17)24/h1-9H,(H2,19,22,26)(H2,20,21,23,24,25). The first-order valence-electron chi connectivity index (χ1n) is 7.49. The second-order valence-electron chi connectivity index (χ2n) is 5.41. The van der Waals surface area contributed by atoms with Crippen molar-refractivity contribution in [3.05, 3.63) is 65.2 Å². The number of benzene rings is 2. The van der Waals surface area contributed by atoms with Crippen molar-refractivity contribution in [2.45, 2.75) is 5.54 Å². The average molecular weight is 373 g/mol. The quantitative estimate of drug-likeness (QED) is 0.614. The van der Waals surface area contributed by atoms with Crippen molar-refractivity contribution in [3.63, 3.8) is 0 Å². The number of anilines is 1. The molecule has 1 saturated heterocycles. The number of hydrogen-bond acceptors (Lipinski definition) is 4. The molecule has 0 aliphatic carbocycles. The SMILES string of the molecule is O=C1NC(=O)C(NC(=O)Nc2ccccc2Cl)(c2ccccc2)C(=O)N1. The molecule has 0 saturated carbocycles. The molecule has 2 aromatic carbocycles. The smallest absolute Gasteiger partial charge is 0.312 e. The van der Waals surface area contributed by atoms with Gasteiger partial charge in [-0.3, -0.25) is 20.2 Å². The van der Waals surface area contributed by atoms with E-state index < -0.39 is 29.4 Å². The van der Waals surface area contributed by atoms with Crippen LogP contribution in [-0.4, -0.2) is 23.9 Å². The molecule has 9 heteroatoms. The minimum atomic E-state index is -2.11. The van der Waals surface area contributed by atoms with Gasteiger partial charge in [-0.1, -0.05) is 54.1 Å². The molecule has 1 aliphatic heterocycles. The Morgan fingerprint density at radius 2 is 1.46 bits per heavy atom. The number of nitrogens with one attached hydrogen (secondary N) is 4. The van der Waals surface area contributed by atoms with E-state index in [0.29, 0.717) is 5.69 Å². The Morgan fingerprint density at radius 1 is 0.885 bits per heavy atom. The van der Waals surface area contributed by atoms with Crippen LogP contribution in [0.15, 0.2) is 54.6 Å². The molecule has 1 fully saturated rings. The van der Waals surface area contributed by atoms with Crippen molar-refractivity contribution in [2.75, 3.05) is 5.32 Å². The topological polar surface area (TPSA) is 116 Å². The summed E-state index contributed by atoms with van der Waals surface area (Å²) >= 11 is 5.99. The summed E-state index contributed by atoms with van der Waals surface area (Å²) in [6, 6.07) is 12.5. The van der Waals surface area contributed by atoms with E-state index in [9.17, 15) is 19.2 Å². The van der Waals surface area contributed by atoms with Crippen LogP contribution >= 0.6 is 11.6 Å². The third-order valence-corrected chi connectivity index (χ3v) is 4.09. The van der Waals surface area contributed by atoms with Crippen LogP contribution in [0.2, 0.25) is 5.02 Å². The average Bonchev–Trinajstić information content (AvgIpc) is 2.61. The Kier molecular flexibility index (Phi) is 4.59. The molecule has 1 aliphatic rings. The number of barbiturate groups is 1. The molecule has 0 atom stereocenters. The first-order chi connectivity index (χ1) is 12.4. The van der Waals surface area contributed by atoms with Crippen LogP contribution in [0.1, 0.15) is 5.56 Å². The van der Waals surface area contributed by atoms with Crippen LogP contribution in [0.5, 0.6) is 0 Å². The van der Waals surface area contributed by atoms with Crippen molar-refractivity contribution in [1.29, 1.82) is 0 Å². The minimum Gasteiger partial charge on any atom is -0.312 e. The fraction of sp³-hybridized carbons (Fsp3) is 0.0588. The molecule has 132 valence electrons. The van der Waals surface area contributed by atoms with Gasteiger partial charge >= 0.3 is 12.1 Å². The first-order valence-corrected chi connectivity index (χ1v) is 7.87. The number of rotatable bonds is 3. The summed E-state index contributed by atoms with van der Waals surface area (Å²) in [4.78, 5) is 48.9. The van der Waals surface area contributed by atoms with E-state index in [4.69, 9.17) is 11.6 Å². The molecule has 1 heterocycles. The van der Waals surface area contributed by atoms with Gasteiger partial charge in [0.1, 0.15) is 0 Å². The van der Waals surface area contributed by atoms with Crippen LogP contribution in [0, 0.1) is 0 Å². The molecule has 0 unspecified atom stereocenters. The van der Waals surface area contributed by atoms with E-state index >= 15 is 0 Å². The monoisotopic (exact) mass is 372 g/mol. The van der Waals surface area contributed by atoms with Crippen LogP contribution in [0.3, 0.4) is 0 Å². The van der Waals surface area contributed by atoms with Crippen LogP contribution < -0.4 is 21.3 Å². The van der Waals surface area contributed by atoms with Crippen LogP contribution in [0.25, 0.3) is 0 Å². The zero-order valence-electron chi connectivity index (χ0n) is 13.2. The highest BCUT2D eigenvalue weighted by Crippen LogP contribution is 2.25. The zero-order valence-corrected chi connectivity index (χ0v) is 14.0. The molecule has 3 rings (SSSR count). The van der Waals surface area contributed by atoms with Crippen molar-refractivity contribution in [1.82, 2.24) is 16.0 Å². The van der Waals surface area contributed by atoms with Gasteiger partial charge in [-0.05, 0) is 17.7 Å². The normalized spacial score (nSPS) is 15.7. The predicted octanol–water partition coefficient (Wildman–Crippen LogP) is 1.72. The van der Waals surface area contributed by atoms with Gasteiger partial charge in [0.15, 0.2) is 0 Å². The molecule has 0 radical (unpaired) electrons. The lowest BCUT2D eigenvalue weighted by atomic mass is 9.86. The molecule has 0 bridgehead atoms. The number of halogens is 1. The molecule has 26 heavy (non-hydrogen) atoms. The molecule has 4 N–H and O–H groups in total. The van der Waals surface area contributed by atoms with Crippen LogP contribution in [-0.2, 0) is 15.1 Å². The maximum absolute atomic E-state index is 12.5. The lowest BCUT2D eigenvalue weighted by Crippen LogP contribution is -2.71. The summed E-state index contributed by atoms with van der Waals surface area (Å²) < 4.78 is 0. The van der Waals surface area contributed by atoms with E-state index in [1.165, 1.54) is 12.1 Å². The van der Waals surface area contributed by atoms with Gasteiger partial charge in [0.05, 0.1) is 10.7 Å². The number of hydrogen-bond donors (Lipinski definition) is 4. The second kappa shape index (κ2) is 6.85. The number of urea groups is 2. The van der Waals surface area contributed by atoms with Crippen molar-refractivity contribution < 1.29 is 19.2 Å². The highest BCUT2D eigenvalue weighted by atomic mass is 35.5. The Morgan fingerprint density at radius 3 is 2.08 bits per heavy atom. The summed E-state index contributed by atoms with van der Waals surface area (Å²) in [6.07, 6.45) is 0. The molecule has 0 spiro atoms. The summed E-state index contributed by atoms with van der Waals surface area (Å²) in [7, 11) is 0. The summed E-state index contributed by atoms with van der Waals surface area (Å²) in [5, 5.41) is 9.12. The Bertz CT molecular complexity index is 881. The number of carbonyl (C=O) groups is 4. The van der Waals surface area contributed by atoms with Crippen molar-refractivity contribution >= 4 is 41.2 Å². The van der Waals surface area contributed by atoms with E-state index in [2.05, 4.69) is 10.6 Å². The maximum Gasteiger partial charge on any atom is 0.328 e. The Balaban J connectivity index is 1.96. The van der Waals surface area contributed by atoms with E-state index in [1.54, 1.807) is 42.5 Å². The van der Waals surface area contributed by atoms with Gasteiger partial charge in [0, 0.05) is 0 Å². The molecular formula is C17H13ClN4O4. The number of amides is 6. The Hall–Kier alpha value is -3.39. The molecule has 6 amide bonds. The van der Waals surface area contributed by atoms with E-state index in [0.717, 1.165) is 0 Å². The highest BCUT2D eigenvalue weighted by molar-refractivity contribution is 6.33. The number of carbonyl (C=O) groups excluding carboxylic acids is 4. The first kappa shape index (κ1) is 17.4. The lowest BCUT2D eigenvalue weighted by Gasteiger charge is -2.34. The fourth-order valence-electron chi connectivity index (χ4n) is 2.55. The van der Waals surface area contributed by atoms with Gasteiger partial charge in [-0.2, -0.15) is 0 Å². The van der Waals surface area contributed by atoms with Gasteiger partial charge in [-0.25, -0.2) is 9.59 Å². The third kappa shape index (κ3) is 3.09. The van der Waals surface area contributed by atoms with Gasteiger partial charge in [0.25, 0.3) is 11.8 Å². The van der Waals surface area contributed by atoms with E-state index in [1.807, 2.05) is 10.6 Å². The second-order valence-corrected chi connectivity index (χ2v) is 5.82. The summed E-state index contributed by atoms with van der Waals surface area (Å²) in [5.74, 6) is -1.93. The highest BCUT2D eigenvalue weighted by Gasteiger charge is 2.53. The molecular weight excluding hydrogens is 360 g/mol. The largest absolute Gasteiger partial charge is 0.328 e. The van der Waals surface area contributed by atoms with Gasteiger partial charge in [0.2, 0.25) is 5.54 Å².